The van der Waals surface area contributed by atoms with Gasteiger partial charge in [0.2, 0.25) is 11.6 Å². The number of rotatable bonds is 12. The lowest BCUT2D eigenvalue weighted by Gasteiger charge is -2.32. The van der Waals surface area contributed by atoms with Crippen molar-refractivity contribution < 1.29 is 51.3 Å². The molecule has 1 aliphatic heterocycles. The number of nitrogens with one attached hydrogen (secondary N) is 5. The second-order valence-corrected chi connectivity index (χ2v) is 14.1. The second kappa shape index (κ2) is 21.2. The van der Waals surface area contributed by atoms with Crippen LogP contribution in [0.3, 0.4) is 0 Å². The summed E-state index contributed by atoms with van der Waals surface area (Å²) in [4.78, 5) is 65.3. The molecule has 0 aromatic rings. The van der Waals surface area contributed by atoms with E-state index in [1.54, 1.807) is 33.9 Å². The highest BCUT2D eigenvalue weighted by Gasteiger charge is 2.36. The number of nitrogens with two attached hydrogens (primary N) is 1. The van der Waals surface area contributed by atoms with Crippen LogP contribution in [0, 0.1) is 11.8 Å². The first-order chi connectivity index (χ1) is 25.0. The van der Waals surface area contributed by atoms with Gasteiger partial charge in [0.1, 0.15) is 12.2 Å². The lowest BCUT2D eigenvalue weighted by atomic mass is 9.85. The van der Waals surface area contributed by atoms with Gasteiger partial charge in [-0.25, -0.2) is 14.3 Å². The quantitative estimate of drug-likeness (QED) is 0.0935. The van der Waals surface area contributed by atoms with Crippen LogP contribution in [-0.2, 0) is 43.5 Å². The summed E-state index contributed by atoms with van der Waals surface area (Å²) in [5.74, 6) is -2.89. The van der Waals surface area contributed by atoms with Gasteiger partial charge in [-0.15, -0.1) is 6.58 Å². The molecule has 2 unspecified atom stereocenters. The van der Waals surface area contributed by atoms with Gasteiger partial charge in [0, 0.05) is 57.0 Å². The van der Waals surface area contributed by atoms with Crippen LogP contribution in [-0.4, -0.2) is 103 Å². The number of fused-ring (bicyclic) bond motifs is 2. The van der Waals surface area contributed by atoms with E-state index < -0.39 is 76.1 Å². The molecule has 1 aliphatic carbocycles. The fraction of sp³-hybridized carbons (Fsp3) is 0.514. The predicted octanol–water partition coefficient (Wildman–Crippen LogP) is 1.33. The van der Waals surface area contributed by atoms with Crippen LogP contribution in [0.2, 0.25) is 0 Å². The summed E-state index contributed by atoms with van der Waals surface area (Å²) in [6.07, 6.45) is 2.35. The van der Waals surface area contributed by atoms with Gasteiger partial charge in [0.05, 0.1) is 17.5 Å². The van der Waals surface area contributed by atoms with Crippen LogP contribution < -0.4 is 31.1 Å². The zero-order chi connectivity index (χ0) is 39.9. The molecule has 0 aromatic carbocycles. The summed E-state index contributed by atoms with van der Waals surface area (Å²) in [6.45, 7) is 10.7. The van der Waals surface area contributed by atoms with Crippen molar-refractivity contribution in [3.05, 3.63) is 71.1 Å². The van der Waals surface area contributed by atoms with Gasteiger partial charge in [-0.05, 0) is 45.2 Å². The van der Waals surface area contributed by atoms with Crippen LogP contribution in [0.25, 0.3) is 0 Å². The second-order valence-electron chi connectivity index (χ2n) is 12.6. The fourth-order valence-corrected chi connectivity index (χ4v) is 6.44. The first-order valence-electron chi connectivity index (χ1n) is 16.9. The number of methoxy groups -OCH3 is 2. The number of carbonyl (C=O) groups excluding carboxylic acids is 5. The van der Waals surface area contributed by atoms with E-state index in [9.17, 15) is 32.4 Å². The summed E-state index contributed by atoms with van der Waals surface area (Å²) in [6, 6.07) is 0. The van der Waals surface area contributed by atoms with Crippen molar-refractivity contribution in [1.82, 2.24) is 25.4 Å². The van der Waals surface area contributed by atoms with Crippen molar-refractivity contribution in [2.75, 3.05) is 40.9 Å². The maximum atomic E-state index is 13.8. The molecule has 294 valence electrons. The zero-order valence-electron chi connectivity index (χ0n) is 31.1. The van der Waals surface area contributed by atoms with E-state index in [2.05, 4.69) is 27.3 Å². The van der Waals surface area contributed by atoms with Gasteiger partial charge in [-0.3, -0.25) is 14.4 Å². The van der Waals surface area contributed by atoms with Crippen LogP contribution in [0.1, 0.15) is 40.5 Å². The zero-order valence-corrected chi connectivity index (χ0v) is 32.0. The molecule has 0 saturated carbocycles. The Hall–Kier alpha value is -4.62. The molecular formula is C35H52N6O11S. The summed E-state index contributed by atoms with van der Waals surface area (Å²) in [5, 5.41) is 8.25. The number of ketones is 2. The van der Waals surface area contributed by atoms with E-state index in [0.717, 1.165) is 6.08 Å². The van der Waals surface area contributed by atoms with Gasteiger partial charge in [0.15, 0.2) is 6.10 Å². The smallest absolute Gasteiger partial charge is 0.422 e. The Morgan fingerprint density at radius 2 is 1.79 bits per heavy atom. The molecule has 0 spiro atoms. The molecule has 0 aromatic heterocycles. The number of hydrogen-bond acceptors (Lipinski definition) is 13. The van der Waals surface area contributed by atoms with Crippen molar-refractivity contribution in [2.45, 2.75) is 65.0 Å². The third kappa shape index (κ3) is 13.7. The monoisotopic (exact) mass is 764 g/mol. The highest BCUT2D eigenvalue weighted by molar-refractivity contribution is 7.88. The van der Waals surface area contributed by atoms with Gasteiger partial charge < -0.3 is 40.6 Å². The first-order valence-corrected chi connectivity index (χ1v) is 18.3. The number of ether oxygens (including phenoxy) is 4. The molecule has 2 bridgehead atoms. The Bertz CT molecular complexity index is 1650. The molecule has 2 aliphatic rings. The van der Waals surface area contributed by atoms with Gasteiger partial charge in [-0.1, -0.05) is 44.2 Å². The molecule has 17 nitrogen and oxygen atoms in total. The fourth-order valence-electron chi connectivity index (χ4n) is 5.73. The van der Waals surface area contributed by atoms with Crippen LogP contribution in [0.5, 0.6) is 0 Å². The topological polar surface area (TPSA) is 243 Å². The molecule has 6 atom stereocenters. The number of amides is 3. The standard InChI is InChI=1S/C35H52N6O11S/c1-9-13-38-29-24-16-20(2)17-28(50-8)32(52-35(46)41-53(47,48)39-15-14-37-6)23(5)18-22(4)31(51-34(36)45)27(49-7)12-10-11-21(3)33(44)40-25(30(24)43)19-26(29)42/h9-12,18-20,23,27-28,31-32,37-39H,1,13-17H2,2-8H3,(H2,36,45)(H,40,44)(H,41,46)/b12-10-,21-11+,22-18+/t20-,23+,27?,28+,31+,32?/m1/s1. The molecule has 0 fully saturated rings. The van der Waals surface area contributed by atoms with Crippen molar-refractivity contribution >= 4 is 39.9 Å². The van der Waals surface area contributed by atoms with Crippen molar-refractivity contribution in [3.8, 4) is 0 Å². The van der Waals surface area contributed by atoms with Crippen molar-refractivity contribution in [2.24, 2.45) is 17.6 Å². The minimum Gasteiger partial charge on any atom is -0.442 e. The highest BCUT2D eigenvalue weighted by Crippen LogP contribution is 2.30. The first kappa shape index (κ1) is 44.5. The molecule has 18 heteroatoms. The number of allylic oxidation sites excluding steroid dienone is 4. The Kier molecular flexibility index (Phi) is 17.8. The minimum absolute atomic E-state index is 0.00782. The number of likely N-dealkylation sites (N-methyl/N-ethyl adjacent to an activating group) is 1. The molecule has 1 heterocycles. The predicted molar refractivity (Wildman–Crippen MR) is 196 cm³/mol. The highest BCUT2D eigenvalue weighted by atomic mass is 32.2. The van der Waals surface area contributed by atoms with Gasteiger partial charge in [-0.2, -0.15) is 13.1 Å². The number of hydrogen-bond donors (Lipinski definition) is 6. The maximum Gasteiger partial charge on any atom is 0.422 e. The largest absolute Gasteiger partial charge is 0.442 e. The molecule has 53 heavy (non-hydrogen) atoms. The molecule has 7 N–H and O–H groups in total. The van der Waals surface area contributed by atoms with Gasteiger partial charge >= 0.3 is 22.4 Å². The number of carbonyl (C=O) groups is 5. The van der Waals surface area contributed by atoms with Crippen molar-refractivity contribution in [1.29, 1.82) is 0 Å². The summed E-state index contributed by atoms with van der Waals surface area (Å²) in [7, 11) is 0.0731. The van der Waals surface area contributed by atoms with E-state index in [4.69, 9.17) is 24.7 Å². The van der Waals surface area contributed by atoms with E-state index >= 15 is 0 Å². The van der Waals surface area contributed by atoms with Crippen LogP contribution in [0.4, 0.5) is 9.59 Å². The minimum atomic E-state index is -4.30. The van der Waals surface area contributed by atoms with Crippen LogP contribution in [0.15, 0.2) is 71.1 Å². The van der Waals surface area contributed by atoms with E-state index in [-0.39, 0.29) is 48.5 Å². The summed E-state index contributed by atoms with van der Waals surface area (Å²) in [5.41, 5.74) is 5.97. The van der Waals surface area contributed by atoms with Crippen molar-refractivity contribution in [3.63, 3.8) is 0 Å². The third-order valence-electron chi connectivity index (χ3n) is 8.31. The van der Waals surface area contributed by atoms with E-state index in [1.165, 1.54) is 45.4 Å². The van der Waals surface area contributed by atoms with Gasteiger partial charge in [0.25, 0.3) is 5.91 Å². The lowest BCUT2D eigenvalue weighted by Crippen LogP contribution is -2.46. The summed E-state index contributed by atoms with van der Waals surface area (Å²) < 4.78 is 51.7. The maximum absolute atomic E-state index is 13.8. The van der Waals surface area contributed by atoms with Crippen LogP contribution >= 0.6 is 0 Å². The summed E-state index contributed by atoms with van der Waals surface area (Å²) >= 11 is 0. The Balaban J connectivity index is 2.73. The molecule has 2 rings (SSSR count). The SMILES string of the molecule is C=CCNC1=C2C[C@@H](C)C[C@H](OC)C(OC(=O)NS(=O)(=O)NCCNC)[C@@H](C)/C=C(\C)[C@H](OC(N)=O)C(OC)/C=C\C=C(/C)C(=O)NC(=CC1=O)C2=O. The average molecular weight is 765 g/mol. The normalized spacial score (nSPS) is 27.6. The van der Waals surface area contributed by atoms with E-state index in [0.29, 0.717) is 12.1 Å². The van der Waals surface area contributed by atoms with E-state index in [1.807, 2.05) is 4.72 Å². The number of primary amides is 1. The molecule has 0 saturated heterocycles. The Morgan fingerprint density at radius 3 is 2.40 bits per heavy atom. The molecule has 0 radical (unpaired) electrons. The number of Topliss-reactive ketones (excluding diaryl/α,β-unsaturated/α-hetero) is 1. The molecule has 3 amide bonds. The Morgan fingerprint density at radius 1 is 1.09 bits per heavy atom. The lowest BCUT2D eigenvalue weighted by molar-refractivity contribution is -0.120. The average Bonchev–Trinajstić information content (AvgIpc) is 3.08. The Labute approximate surface area is 310 Å². The third-order valence-corrected chi connectivity index (χ3v) is 9.33. The molecular weight excluding hydrogens is 712 g/mol.